The van der Waals surface area contributed by atoms with Crippen LogP contribution in [-0.2, 0) is 26.0 Å². The van der Waals surface area contributed by atoms with Crippen LogP contribution >= 0.6 is 11.3 Å². The molecule has 19 heavy (non-hydrogen) atoms. The van der Waals surface area contributed by atoms with Crippen LogP contribution < -0.4 is 5.32 Å². The third kappa shape index (κ3) is 3.11. The van der Waals surface area contributed by atoms with Crippen molar-refractivity contribution in [1.82, 2.24) is 9.62 Å². The molecule has 1 fully saturated rings. The number of aliphatic carboxylic acids is 1. The van der Waals surface area contributed by atoms with E-state index in [0.29, 0.717) is 4.88 Å². The van der Waals surface area contributed by atoms with Crippen molar-refractivity contribution in [2.75, 3.05) is 19.6 Å². The van der Waals surface area contributed by atoms with Crippen molar-refractivity contribution in [2.45, 2.75) is 10.6 Å². The molecule has 0 atom stereocenters. The van der Waals surface area contributed by atoms with Crippen LogP contribution in [0.3, 0.4) is 0 Å². The molecule has 0 saturated carbocycles. The van der Waals surface area contributed by atoms with Crippen molar-refractivity contribution < 1.29 is 23.1 Å². The van der Waals surface area contributed by atoms with Crippen LogP contribution in [0.25, 0.3) is 0 Å². The molecule has 1 aromatic heterocycles. The standard InChI is InChI=1S/C10H12N2O5S2/c13-8-6-12(4-3-11-8)19(16,17)10-2-1-7(18-10)5-9(14)15/h1-2H,3-6H2,(H,11,13)(H,14,15). The van der Waals surface area contributed by atoms with Gasteiger partial charge in [-0.15, -0.1) is 11.3 Å². The highest BCUT2D eigenvalue weighted by Gasteiger charge is 2.30. The molecule has 1 aromatic rings. The smallest absolute Gasteiger partial charge is 0.308 e. The number of hydrogen-bond acceptors (Lipinski definition) is 5. The Labute approximate surface area is 113 Å². The molecule has 9 heteroatoms. The normalized spacial score (nSPS) is 17.2. The zero-order chi connectivity index (χ0) is 14.0. The predicted molar refractivity (Wildman–Crippen MR) is 67.4 cm³/mol. The lowest BCUT2D eigenvalue weighted by Crippen LogP contribution is -2.49. The van der Waals surface area contributed by atoms with Gasteiger partial charge < -0.3 is 10.4 Å². The number of amides is 1. The van der Waals surface area contributed by atoms with E-state index in [1.54, 1.807) is 0 Å². The first-order chi connectivity index (χ1) is 8.89. The number of piperazine rings is 1. The molecule has 104 valence electrons. The van der Waals surface area contributed by atoms with Gasteiger partial charge in [0.15, 0.2) is 0 Å². The molecule has 0 aromatic carbocycles. The number of nitrogens with one attached hydrogen (secondary N) is 1. The first-order valence-electron chi connectivity index (χ1n) is 5.47. The summed E-state index contributed by atoms with van der Waals surface area (Å²) in [5, 5.41) is 11.2. The van der Waals surface area contributed by atoms with E-state index in [9.17, 15) is 18.0 Å². The SMILES string of the molecule is O=C(O)Cc1ccc(S(=O)(=O)N2CCNC(=O)C2)s1. The minimum atomic E-state index is -3.71. The van der Waals surface area contributed by atoms with E-state index in [4.69, 9.17) is 5.11 Å². The van der Waals surface area contributed by atoms with E-state index >= 15 is 0 Å². The van der Waals surface area contributed by atoms with Gasteiger partial charge in [-0.2, -0.15) is 4.31 Å². The maximum atomic E-state index is 12.2. The Morgan fingerprint density at radius 3 is 2.84 bits per heavy atom. The van der Waals surface area contributed by atoms with Crippen LogP contribution in [0.5, 0.6) is 0 Å². The van der Waals surface area contributed by atoms with Crippen LogP contribution in [0, 0.1) is 0 Å². The highest BCUT2D eigenvalue weighted by Crippen LogP contribution is 2.25. The second-order valence-corrected chi connectivity index (χ2v) is 7.31. The number of carbonyl (C=O) groups is 2. The van der Waals surface area contributed by atoms with Gasteiger partial charge in [0, 0.05) is 18.0 Å². The third-order valence-electron chi connectivity index (χ3n) is 2.56. The van der Waals surface area contributed by atoms with E-state index in [2.05, 4.69) is 5.32 Å². The molecule has 1 amide bonds. The fraction of sp³-hybridized carbons (Fsp3) is 0.400. The van der Waals surface area contributed by atoms with Gasteiger partial charge in [0.2, 0.25) is 5.91 Å². The molecule has 2 heterocycles. The number of nitrogens with zero attached hydrogens (tertiary/aromatic N) is 1. The molecule has 1 saturated heterocycles. The predicted octanol–water partition coefficient (Wildman–Crippen LogP) is -0.504. The Hall–Kier alpha value is -1.45. The number of rotatable bonds is 4. The minimum absolute atomic E-state index is 0.0680. The fourth-order valence-electron chi connectivity index (χ4n) is 1.69. The fourth-order valence-corrected chi connectivity index (χ4v) is 4.59. The molecule has 1 aliphatic heterocycles. The molecular weight excluding hydrogens is 292 g/mol. The van der Waals surface area contributed by atoms with E-state index in [-0.39, 0.29) is 36.2 Å². The van der Waals surface area contributed by atoms with Crippen molar-refractivity contribution in [1.29, 1.82) is 0 Å². The second kappa shape index (κ2) is 5.27. The summed E-state index contributed by atoms with van der Waals surface area (Å²) in [6, 6.07) is 2.86. The first kappa shape index (κ1) is 14.0. The molecule has 0 unspecified atom stereocenters. The number of hydrogen-bond donors (Lipinski definition) is 2. The average Bonchev–Trinajstić information content (AvgIpc) is 2.77. The van der Waals surface area contributed by atoms with Crippen LogP contribution in [0.1, 0.15) is 4.88 Å². The highest BCUT2D eigenvalue weighted by atomic mass is 32.2. The van der Waals surface area contributed by atoms with Crippen LogP contribution in [0.15, 0.2) is 16.3 Å². The zero-order valence-corrected chi connectivity index (χ0v) is 11.5. The topological polar surface area (TPSA) is 104 Å². The molecule has 0 radical (unpaired) electrons. The lowest BCUT2D eigenvalue weighted by molar-refractivity contribution is -0.136. The van der Waals surface area contributed by atoms with E-state index < -0.39 is 16.0 Å². The number of carbonyl (C=O) groups excluding carboxylic acids is 1. The lowest BCUT2D eigenvalue weighted by Gasteiger charge is -2.25. The quantitative estimate of drug-likeness (QED) is 0.780. The molecule has 2 rings (SSSR count). The summed E-state index contributed by atoms with van der Waals surface area (Å²) < 4.78 is 25.6. The molecule has 1 aliphatic rings. The summed E-state index contributed by atoms with van der Waals surface area (Å²) in [7, 11) is -3.71. The van der Waals surface area contributed by atoms with Crippen molar-refractivity contribution in [3.05, 3.63) is 17.0 Å². The summed E-state index contributed by atoms with van der Waals surface area (Å²) >= 11 is 0.921. The Morgan fingerprint density at radius 2 is 2.21 bits per heavy atom. The van der Waals surface area contributed by atoms with Gasteiger partial charge >= 0.3 is 5.97 Å². The van der Waals surface area contributed by atoms with Crippen molar-refractivity contribution in [2.24, 2.45) is 0 Å². The molecule has 2 N–H and O–H groups in total. The van der Waals surface area contributed by atoms with Gasteiger partial charge in [-0.05, 0) is 12.1 Å². The van der Waals surface area contributed by atoms with E-state index in [1.165, 1.54) is 12.1 Å². The summed E-state index contributed by atoms with van der Waals surface area (Å²) in [4.78, 5) is 22.2. The molecule has 0 bridgehead atoms. The molecule has 7 nitrogen and oxygen atoms in total. The first-order valence-corrected chi connectivity index (χ1v) is 7.72. The van der Waals surface area contributed by atoms with E-state index in [0.717, 1.165) is 15.6 Å². The number of thiophene rings is 1. The van der Waals surface area contributed by atoms with E-state index in [1.807, 2.05) is 0 Å². The minimum Gasteiger partial charge on any atom is -0.481 e. The van der Waals surface area contributed by atoms with Crippen LogP contribution in [0.2, 0.25) is 0 Å². The van der Waals surface area contributed by atoms with Gasteiger partial charge in [0.05, 0.1) is 13.0 Å². The number of carboxylic acid groups (broad SMARTS) is 1. The van der Waals surface area contributed by atoms with Gasteiger partial charge in [-0.1, -0.05) is 0 Å². The lowest BCUT2D eigenvalue weighted by atomic mass is 10.3. The van der Waals surface area contributed by atoms with Crippen molar-refractivity contribution >= 4 is 33.2 Å². The molecular formula is C10H12N2O5S2. The zero-order valence-electron chi connectivity index (χ0n) is 9.83. The van der Waals surface area contributed by atoms with Gasteiger partial charge in [0.1, 0.15) is 4.21 Å². The number of carboxylic acids is 1. The second-order valence-electron chi connectivity index (χ2n) is 3.98. The van der Waals surface area contributed by atoms with Gasteiger partial charge in [-0.3, -0.25) is 9.59 Å². The summed E-state index contributed by atoms with van der Waals surface area (Å²) in [5.41, 5.74) is 0. The molecule has 0 spiro atoms. The summed E-state index contributed by atoms with van der Waals surface area (Å²) in [6.07, 6.45) is -0.208. The Bertz CT molecular complexity index is 607. The Kier molecular flexibility index (Phi) is 3.88. The number of sulfonamides is 1. The highest BCUT2D eigenvalue weighted by molar-refractivity contribution is 7.91. The van der Waals surface area contributed by atoms with Crippen molar-refractivity contribution in [3.8, 4) is 0 Å². The van der Waals surface area contributed by atoms with Gasteiger partial charge in [0.25, 0.3) is 10.0 Å². The Balaban J connectivity index is 2.21. The van der Waals surface area contributed by atoms with Crippen molar-refractivity contribution in [3.63, 3.8) is 0 Å². The third-order valence-corrected chi connectivity index (χ3v) is 5.96. The summed E-state index contributed by atoms with van der Waals surface area (Å²) in [6.45, 7) is 0.306. The Morgan fingerprint density at radius 1 is 1.47 bits per heavy atom. The van der Waals surface area contributed by atoms with Crippen LogP contribution in [0.4, 0.5) is 0 Å². The largest absolute Gasteiger partial charge is 0.481 e. The van der Waals surface area contributed by atoms with Crippen LogP contribution in [-0.4, -0.2) is 49.3 Å². The maximum absolute atomic E-state index is 12.2. The van der Waals surface area contributed by atoms with Gasteiger partial charge in [-0.25, -0.2) is 8.42 Å². The summed E-state index contributed by atoms with van der Waals surface area (Å²) in [5.74, 6) is -1.35. The average molecular weight is 304 g/mol. The monoisotopic (exact) mass is 304 g/mol. The molecule has 0 aliphatic carbocycles. The maximum Gasteiger partial charge on any atom is 0.308 e.